The quantitative estimate of drug-likeness (QED) is 0.242. The van der Waals surface area contributed by atoms with Crippen molar-refractivity contribution in [3.63, 3.8) is 0 Å². The Morgan fingerprint density at radius 3 is 2.37 bits per heavy atom. The number of benzene rings is 3. The second-order valence-electron chi connectivity index (χ2n) is 7.26. The summed E-state index contributed by atoms with van der Waals surface area (Å²) in [7, 11) is 0. The number of urea groups is 1. The largest absolute Gasteiger partial charge is 0.488 e. The van der Waals surface area contributed by atoms with E-state index in [1.807, 2.05) is 0 Å². The Kier molecular flexibility index (Phi) is 7.73. The highest BCUT2D eigenvalue weighted by molar-refractivity contribution is 9.10. The lowest BCUT2D eigenvalue weighted by Crippen LogP contribution is -2.54. The molecule has 0 aliphatic carbocycles. The minimum Gasteiger partial charge on any atom is -0.488 e. The van der Waals surface area contributed by atoms with Crippen LogP contribution in [0.5, 0.6) is 5.75 Å². The molecule has 0 atom stereocenters. The first kappa shape index (κ1) is 25.5. The Bertz CT molecular complexity index is 1410. The van der Waals surface area contributed by atoms with Gasteiger partial charge in [0.15, 0.2) is 0 Å². The third kappa shape index (κ3) is 5.66. The van der Waals surface area contributed by atoms with Crippen LogP contribution in [0.4, 0.5) is 10.5 Å². The minimum atomic E-state index is -0.904. The van der Waals surface area contributed by atoms with Crippen molar-refractivity contribution in [3.05, 3.63) is 95.9 Å². The van der Waals surface area contributed by atoms with Gasteiger partial charge in [0, 0.05) is 25.6 Å². The molecule has 3 aromatic rings. The number of carbonyl (C=O) groups is 3. The molecule has 3 aromatic carbocycles. The van der Waals surface area contributed by atoms with E-state index in [1.165, 1.54) is 24.3 Å². The molecule has 35 heavy (non-hydrogen) atoms. The first-order valence-electron chi connectivity index (χ1n) is 9.87. The van der Waals surface area contributed by atoms with Crippen molar-refractivity contribution >= 4 is 91.9 Å². The lowest BCUT2D eigenvalue weighted by atomic mass is 10.1. The van der Waals surface area contributed by atoms with Gasteiger partial charge in [-0.1, -0.05) is 68.4 Å². The molecule has 6 nitrogen and oxygen atoms in total. The molecule has 1 aliphatic rings. The van der Waals surface area contributed by atoms with Crippen molar-refractivity contribution in [1.82, 2.24) is 5.32 Å². The SMILES string of the molecule is O=C1NC(=O)N(c2ccc(Cl)c(Cl)c2)C(=O)/C1=C/c1cc(Br)ccc1OCc1ccc(Cl)cc1Cl. The number of barbiturate groups is 1. The highest BCUT2D eigenvalue weighted by Crippen LogP contribution is 2.32. The van der Waals surface area contributed by atoms with E-state index in [1.54, 1.807) is 36.4 Å². The molecule has 11 heteroatoms. The molecular formula is C24H13BrCl4N2O4. The number of imide groups is 2. The summed E-state index contributed by atoms with van der Waals surface area (Å²) in [6.07, 6.45) is 1.35. The van der Waals surface area contributed by atoms with Crippen molar-refractivity contribution in [2.24, 2.45) is 0 Å². The highest BCUT2D eigenvalue weighted by Gasteiger charge is 2.37. The second kappa shape index (κ2) is 10.6. The lowest BCUT2D eigenvalue weighted by Gasteiger charge is -2.26. The van der Waals surface area contributed by atoms with Gasteiger partial charge in [-0.25, -0.2) is 9.69 Å². The smallest absolute Gasteiger partial charge is 0.335 e. The molecule has 0 saturated carbocycles. The van der Waals surface area contributed by atoms with Crippen molar-refractivity contribution in [1.29, 1.82) is 0 Å². The Morgan fingerprint density at radius 1 is 0.886 bits per heavy atom. The van der Waals surface area contributed by atoms with E-state index in [2.05, 4.69) is 21.2 Å². The van der Waals surface area contributed by atoms with E-state index in [-0.39, 0.29) is 27.9 Å². The van der Waals surface area contributed by atoms with E-state index >= 15 is 0 Å². The summed E-state index contributed by atoms with van der Waals surface area (Å²) < 4.78 is 6.61. The summed E-state index contributed by atoms with van der Waals surface area (Å²) in [4.78, 5) is 39.1. The zero-order valence-corrected chi connectivity index (χ0v) is 22.1. The maximum absolute atomic E-state index is 13.2. The van der Waals surface area contributed by atoms with Crippen LogP contribution in [0.25, 0.3) is 6.08 Å². The van der Waals surface area contributed by atoms with Crippen molar-refractivity contribution < 1.29 is 19.1 Å². The van der Waals surface area contributed by atoms with E-state index < -0.39 is 17.8 Å². The maximum Gasteiger partial charge on any atom is 0.335 e. The molecule has 4 rings (SSSR count). The van der Waals surface area contributed by atoms with Crippen LogP contribution < -0.4 is 15.0 Å². The molecule has 1 N–H and O–H groups in total. The fraction of sp³-hybridized carbons (Fsp3) is 0.0417. The lowest BCUT2D eigenvalue weighted by molar-refractivity contribution is -0.122. The summed E-state index contributed by atoms with van der Waals surface area (Å²) in [5.41, 5.74) is 0.999. The van der Waals surface area contributed by atoms with Gasteiger partial charge < -0.3 is 4.74 Å². The fourth-order valence-corrected chi connectivity index (χ4v) is 4.36. The first-order valence-corrected chi connectivity index (χ1v) is 12.2. The van der Waals surface area contributed by atoms with Crippen molar-refractivity contribution in [2.75, 3.05) is 4.90 Å². The van der Waals surface area contributed by atoms with Crippen LogP contribution in [0.3, 0.4) is 0 Å². The van der Waals surface area contributed by atoms with Gasteiger partial charge in [0.1, 0.15) is 17.9 Å². The standard InChI is InChI=1S/C24H13BrCl4N2O4/c25-14-2-6-21(35-11-12-1-3-15(26)9-19(12)28)13(7-14)8-17-22(32)30-24(34)31(23(17)33)16-4-5-18(27)20(29)10-16/h1-10H,11H2,(H,30,32,34)/b17-8+. The maximum atomic E-state index is 13.2. The van der Waals surface area contributed by atoms with Gasteiger partial charge in [0.05, 0.1) is 15.7 Å². The Morgan fingerprint density at radius 2 is 1.66 bits per heavy atom. The van der Waals surface area contributed by atoms with Gasteiger partial charge in [-0.05, 0) is 54.6 Å². The van der Waals surface area contributed by atoms with E-state index in [0.717, 1.165) is 4.90 Å². The molecule has 0 bridgehead atoms. The molecule has 0 aromatic heterocycles. The normalized spacial score (nSPS) is 14.9. The van der Waals surface area contributed by atoms with Gasteiger partial charge in [-0.15, -0.1) is 0 Å². The van der Waals surface area contributed by atoms with Gasteiger partial charge >= 0.3 is 6.03 Å². The number of hydrogen-bond donors (Lipinski definition) is 1. The summed E-state index contributed by atoms with van der Waals surface area (Å²) in [5, 5.41) is 3.50. The van der Waals surface area contributed by atoms with Crippen LogP contribution in [0.15, 0.2) is 64.6 Å². The average molecular weight is 615 g/mol. The number of rotatable bonds is 5. The average Bonchev–Trinajstić information content (AvgIpc) is 2.79. The van der Waals surface area contributed by atoms with Crippen LogP contribution in [-0.2, 0) is 16.2 Å². The molecular weight excluding hydrogens is 602 g/mol. The molecule has 0 spiro atoms. The molecule has 0 radical (unpaired) electrons. The van der Waals surface area contributed by atoms with Crippen LogP contribution in [0.2, 0.25) is 20.1 Å². The van der Waals surface area contributed by atoms with E-state index in [0.29, 0.717) is 31.4 Å². The predicted molar refractivity (Wildman–Crippen MR) is 140 cm³/mol. The van der Waals surface area contributed by atoms with E-state index in [9.17, 15) is 14.4 Å². The molecule has 4 amide bonds. The number of ether oxygens (including phenoxy) is 1. The van der Waals surface area contributed by atoms with Gasteiger partial charge in [-0.2, -0.15) is 0 Å². The molecule has 1 saturated heterocycles. The highest BCUT2D eigenvalue weighted by atomic mass is 79.9. The molecule has 0 unspecified atom stereocenters. The number of nitrogens with zero attached hydrogens (tertiary/aromatic N) is 1. The fourth-order valence-electron chi connectivity index (χ4n) is 3.23. The zero-order chi connectivity index (χ0) is 25.3. The van der Waals surface area contributed by atoms with Crippen LogP contribution in [-0.4, -0.2) is 17.8 Å². The number of halogens is 5. The monoisotopic (exact) mass is 612 g/mol. The number of hydrogen-bond acceptors (Lipinski definition) is 4. The summed E-state index contributed by atoms with van der Waals surface area (Å²) in [6.45, 7) is 0.113. The summed E-state index contributed by atoms with van der Waals surface area (Å²) in [5.74, 6) is -1.29. The molecule has 178 valence electrons. The third-order valence-corrected chi connectivity index (χ3v) is 6.75. The van der Waals surface area contributed by atoms with E-state index in [4.69, 9.17) is 51.1 Å². The topological polar surface area (TPSA) is 75.7 Å². The molecule has 1 heterocycles. The van der Waals surface area contributed by atoms with Crippen LogP contribution >= 0.6 is 62.3 Å². The van der Waals surface area contributed by atoms with Gasteiger partial charge in [-0.3, -0.25) is 14.9 Å². The Balaban J connectivity index is 1.68. The number of nitrogens with one attached hydrogen (secondary N) is 1. The first-order chi connectivity index (χ1) is 16.6. The number of anilines is 1. The molecule has 1 fully saturated rings. The van der Waals surface area contributed by atoms with Gasteiger partial charge in [0.25, 0.3) is 11.8 Å². The van der Waals surface area contributed by atoms with Crippen molar-refractivity contribution in [2.45, 2.75) is 6.61 Å². The van der Waals surface area contributed by atoms with Crippen LogP contribution in [0.1, 0.15) is 11.1 Å². The Labute approximate surface area is 228 Å². The van der Waals surface area contributed by atoms with Crippen LogP contribution in [0, 0.1) is 0 Å². The second-order valence-corrected chi connectivity index (χ2v) is 9.84. The zero-order valence-electron chi connectivity index (χ0n) is 17.5. The minimum absolute atomic E-state index is 0.113. The predicted octanol–water partition coefficient (Wildman–Crippen LogP) is 7.31. The molecule has 1 aliphatic heterocycles. The Hall–Kier alpha value is -2.55. The summed E-state index contributed by atoms with van der Waals surface area (Å²) in [6, 6.07) is 13.5. The van der Waals surface area contributed by atoms with Gasteiger partial charge in [0.2, 0.25) is 0 Å². The number of amides is 4. The van der Waals surface area contributed by atoms with Crippen molar-refractivity contribution in [3.8, 4) is 5.75 Å². The third-order valence-electron chi connectivity index (χ3n) is 4.93. The summed E-state index contributed by atoms with van der Waals surface area (Å²) >= 11 is 27.5. The number of carbonyl (C=O) groups excluding carboxylic acids is 3.